The molecular weight excluding hydrogens is 574 g/mol. The first-order valence-electron chi connectivity index (χ1n) is 16.4. The van der Waals surface area contributed by atoms with Crippen molar-refractivity contribution in [3.05, 3.63) is 0 Å². The van der Waals surface area contributed by atoms with Gasteiger partial charge >= 0.3 is 11.9 Å². The highest BCUT2D eigenvalue weighted by molar-refractivity contribution is 5.81. The fourth-order valence-electron chi connectivity index (χ4n) is 10.5. The van der Waals surface area contributed by atoms with Crippen LogP contribution >= 0.6 is 0 Å². The van der Waals surface area contributed by atoms with Gasteiger partial charge in [0.05, 0.1) is 12.2 Å². The molecule has 250 valence electrons. The van der Waals surface area contributed by atoms with Gasteiger partial charge < -0.3 is 45.4 Å². The number of aliphatic carboxylic acids is 2. The van der Waals surface area contributed by atoms with E-state index in [-0.39, 0.29) is 41.2 Å². The van der Waals surface area contributed by atoms with Gasteiger partial charge in [-0.05, 0) is 104 Å². The van der Waals surface area contributed by atoms with Crippen molar-refractivity contribution in [2.75, 3.05) is 6.54 Å². The minimum atomic E-state index is -1.76. The van der Waals surface area contributed by atoms with E-state index in [1.165, 1.54) is 0 Å². The van der Waals surface area contributed by atoms with Crippen LogP contribution in [-0.4, -0.2) is 97.9 Å². The van der Waals surface area contributed by atoms with Crippen molar-refractivity contribution < 1.29 is 54.5 Å². The number of amides is 1. The molecule has 1 saturated heterocycles. The summed E-state index contributed by atoms with van der Waals surface area (Å²) in [5, 5.41) is 63.0. The van der Waals surface area contributed by atoms with Crippen LogP contribution in [0, 0.1) is 46.3 Å². The SMILES string of the molecule is C[C@H](CCC(=O)NCC(=O)O)C1CC[C@H]2[C@@H]3[C@H](O)C[C@@H]4C[C@H](O[C@@H]5O[C@H](C(=O)O)[C@@H](O)[C@H](O)[C@H]5O)CC[C@]4(C)[C@H]3CC[C@]12C. The van der Waals surface area contributed by atoms with Crippen molar-refractivity contribution in [3.8, 4) is 0 Å². The van der Waals surface area contributed by atoms with Gasteiger partial charge in [0.2, 0.25) is 5.91 Å². The third-order valence-electron chi connectivity index (χ3n) is 12.8. The second-order valence-electron chi connectivity index (χ2n) is 15.0. The third kappa shape index (κ3) is 6.02. The molecule has 44 heavy (non-hydrogen) atoms. The van der Waals surface area contributed by atoms with Gasteiger partial charge in [-0.25, -0.2) is 4.79 Å². The first kappa shape index (κ1) is 33.5. The van der Waals surface area contributed by atoms with Crippen LogP contribution in [0.5, 0.6) is 0 Å². The van der Waals surface area contributed by atoms with E-state index in [0.29, 0.717) is 55.8 Å². The average molecular weight is 626 g/mol. The number of aliphatic hydroxyl groups is 4. The van der Waals surface area contributed by atoms with Gasteiger partial charge in [-0.15, -0.1) is 0 Å². The molecular formula is C32H51NO11. The number of rotatable bonds is 9. The quantitative estimate of drug-likeness (QED) is 0.183. The van der Waals surface area contributed by atoms with Crippen molar-refractivity contribution in [1.82, 2.24) is 5.32 Å². The van der Waals surface area contributed by atoms with Gasteiger partial charge in [0.1, 0.15) is 24.9 Å². The normalized spacial score (nSPS) is 47.5. The molecule has 0 aromatic rings. The number of carboxylic acids is 2. The minimum Gasteiger partial charge on any atom is -0.480 e. The molecule has 0 bridgehead atoms. The highest BCUT2D eigenvalue weighted by atomic mass is 16.7. The summed E-state index contributed by atoms with van der Waals surface area (Å²) in [4.78, 5) is 34.5. The van der Waals surface area contributed by atoms with Gasteiger partial charge in [-0.2, -0.15) is 0 Å². The van der Waals surface area contributed by atoms with Crippen molar-refractivity contribution in [1.29, 1.82) is 0 Å². The molecule has 1 unspecified atom stereocenters. The van der Waals surface area contributed by atoms with E-state index in [0.717, 1.165) is 32.1 Å². The number of carboxylic acid groups (broad SMARTS) is 2. The fourth-order valence-corrected chi connectivity index (χ4v) is 10.5. The highest BCUT2D eigenvalue weighted by Crippen LogP contribution is 2.68. The monoisotopic (exact) mass is 625 g/mol. The summed E-state index contributed by atoms with van der Waals surface area (Å²) in [6.45, 7) is 6.57. The Morgan fingerprint density at radius 1 is 0.909 bits per heavy atom. The third-order valence-corrected chi connectivity index (χ3v) is 12.8. The molecule has 12 heteroatoms. The fraction of sp³-hybridized carbons (Fsp3) is 0.906. The van der Waals surface area contributed by atoms with E-state index in [1.807, 2.05) is 0 Å². The molecule has 4 saturated carbocycles. The Balaban J connectivity index is 1.22. The molecule has 0 spiro atoms. The summed E-state index contributed by atoms with van der Waals surface area (Å²) in [5.41, 5.74) is 0.0749. The van der Waals surface area contributed by atoms with Crippen LogP contribution in [0.15, 0.2) is 0 Å². The number of nitrogens with one attached hydrogen (secondary N) is 1. The summed E-state index contributed by atoms with van der Waals surface area (Å²) >= 11 is 0. The Hall–Kier alpha value is -1.83. The lowest BCUT2D eigenvalue weighted by molar-refractivity contribution is -0.310. The minimum absolute atomic E-state index is 0.00235. The van der Waals surface area contributed by atoms with Crippen molar-refractivity contribution in [2.45, 2.75) is 128 Å². The zero-order chi connectivity index (χ0) is 32.1. The lowest BCUT2D eigenvalue weighted by Gasteiger charge is -2.62. The number of hydrogen-bond acceptors (Lipinski definition) is 9. The van der Waals surface area contributed by atoms with Crippen LogP contribution in [-0.2, 0) is 23.9 Å². The van der Waals surface area contributed by atoms with E-state index < -0.39 is 48.7 Å². The predicted molar refractivity (Wildman–Crippen MR) is 155 cm³/mol. The Labute approximate surface area is 258 Å². The van der Waals surface area contributed by atoms with E-state index >= 15 is 0 Å². The van der Waals surface area contributed by atoms with Crippen molar-refractivity contribution >= 4 is 17.8 Å². The van der Waals surface area contributed by atoms with Gasteiger partial charge in [0.15, 0.2) is 12.4 Å². The summed E-state index contributed by atoms with van der Waals surface area (Å²) < 4.78 is 11.4. The van der Waals surface area contributed by atoms with Gasteiger partial charge in [0.25, 0.3) is 0 Å². The Morgan fingerprint density at radius 3 is 2.27 bits per heavy atom. The molecule has 12 nitrogen and oxygen atoms in total. The van der Waals surface area contributed by atoms with Gasteiger partial charge in [-0.3, -0.25) is 9.59 Å². The average Bonchev–Trinajstić information content (AvgIpc) is 3.32. The largest absolute Gasteiger partial charge is 0.480 e. The second kappa shape index (κ2) is 12.8. The molecule has 5 rings (SSSR count). The lowest BCUT2D eigenvalue weighted by Crippen LogP contribution is -2.61. The summed E-state index contributed by atoms with van der Waals surface area (Å²) in [5.74, 6) is -0.858. The summed E-state index contributed by atoms with van der Waals surface area (Å²) in [6.07, 6.45) is -0.894. The molecule has 5 fully saturated rings. The topological polar surface area (TPSA) is 203 Å². The molecule has 0 aromatic heterocycles. The summed E-state index contributed by atoms with van der Waals surface area (Å²) in [6, 6.07) is 0. The smallest absolute Gasteiger partial charge is 0.335 e. The summed E-state index contributed by atoms with van der Waals surface area (Å²) in [7, 11) is 0. The number of carbonyl (C=O) groups is 3. The van der Waals surface area contributed by atoms with E-state index in [1.54, 1.807) is 0 Å². The van der Waals surface area contributed by atoms with E-state index in [2.05, 4.69) is 26.1 Å². The van der Waals surface area contributed by atoms with Crippen LogP contribution in [0.2, 0.25) is 0 Å². The van der Waals surface area contributed by atoms with Crippen LogP contribution in [0.4, 0.5) is 0 Å². The molecule has 5 aliphatic rings. The van der Waals surface area contributed by atoms with Crippen LogP contribution in [0.1, 0.15) is 85.0 Å². The first-order valence-corrected chi connectivity index (χ1v) is 16.4. The van der Waals surface area contributed by atoms with Crippen molar-refractivity contribution in [3.63, 3.8) is 0 Å². The van der Waals surface area contributed by atoms with Crippen LogP contribution in [0.3, 0.4) is 0 Å². The van der Waals surface area contributed by atoms with E-state index in [9.17, 15) is 39.9 Å². The lowest BCUT2D eigenvalue weighted by atomic mass is 9.43. The second-order valence-corrected chi connectivity index (χ2v) is 15.0. The number of carbonyl (C=O) groups excluding carboxylic acids is 1. The highest BCUT2D eigenvalue weighted by Gasteiger charge is 2.63. The maximum absolute atomic E-state index is 12.2. The molecule has 4 aliphatic carbocycles. The number of hydrogen-bond donors (Lipinski definition) is 7. The molecule has 7 N–H and O–H groups in total. The van der Waals surface area contributed by atoms with Gasteiger partial charge in [0, 0.05) is 6.42 Å². The zero-order valence-corrected chi connectivity index (χ0v) is 26.0. The maximum Gasteiger partial charge on any atom is 0.335 e. The number of aliphatic hydroxyl groups excluding tert-OH is 4. The molecule has 1 aliphatic heterocycles. The number of fused-ring (bicyclic) bond motifs is 5. The van der Waals surface area contributed by atoms with Crippen LogP contribution in [0.25, 0.3) is 0 Å². The Morgan fingerprint density at radius 2 is 1.59 bits per heavy atom. The molecule has 0 aromatic carbocycles. The molecule has 1 amide bonds. The first-order chi connectivity index (χ1) is 20.7. The standard InChI is InChI=1S/C32H51NO11/c1-15(4-7-22(35)33-14-23(36)37)18-5-6-19-24-20(9-11-32(18,19)3)31(2)10-8-17(12-16(31)13-21(24)34)43-30-27(40)25(38)26(39)28(44-30)29(41)42/h15-21,24-28,30,34,38-40H,4-14H2,1-3H3,(H,33,35)(H,36,37)(H,41,42)/t15-,16+,17-,18?,19+,20+,21-,24+,25+,26+,27-,28+,30-,31+,32-/m1/s1. The molecule has 0 radical (unpaired) electrons. The molecule has 1 heterocycles. The van der Waals surface area contributed by atoms with E-state index in [4.69, 9.17) is 14.6 Å². The Kier molecular flexibility index (Phi) is 9.72. The van der Waals surface area contributed by atoms with Crippen molar-refractivity contribution in [2.24, 2.45) is 46.3 Å². The predicted octanol–water partition coefficient (Wildman–Crippen LogP) is 1.51. The zero-order valence-electron chi connectivity index (χ0n) is 26.0. The molecule has 15 atom stereocenters. The number of ether oxygens (including phenoxy) is 2. The maximum atomic E-state index is 12.2. The van der Waals surface area contributed by atoms with Gasteiger partial charge in [-0.1, -0.05) is 20.8 Å². The van der Waals surface area contributed by atoms with Crippen LogP contribution < -0.4 is 5.32 Å². The Bertz CT molecular complexity index is 1090.